The van der Waals surface area contributed by atoms with Crippen LogP contribution in [0, 0.1) is 6.92 Å². The van der Waals surface area contributed by atoms with Crippen LogP contribution in [0.3, 0.4) is 0 Å². The number of fused-ring (bicyclic) bond motifs is 10. The molecule has 0 bridgehead atoms. The first-order valence-electron chi connectivity index (χ1n) is 21.3. The van der Waals surface area contributed by atoms with E-state index in [-0.39, 0.29) is 0 Å². The Labute approximate surface area is 361 Å². The molecule has 290 valence electrons. The van der Waals surface area contributed by atoms with Crippen LogP contribution in [-0.2, 0) is 5.41 Å². The first-order valence-corrected chi connectivity index (χ1v) is 21.3. The van der Waals surface area contributed by atoms with Gasteiger partial charge in [0.05, 0.1) is 16.8 Å². The fourth-order valence-corrected chi connectivity index (χ4v) is 10.0. The summed E-state index contributed by atoms with van der Waals surface area (Å²) in [6, 6.07) is 76.7. The topological polar surface area (TPSA) is 38.7 Å². The second-order valence-corrected chi connectivity index (χ2v) is 16.4. The molecule has 0 aliphatic heterocycles. The molecule has 8 aromatic carbocycles. The molecule has 1 unspecified atom stereocenters. The quantitative estimate of drug-likeness (QED) is 0.168. The van der Waals surface area contributed by atoms with Gasteiger partial charge in [-0.2, -0.15) is 0 Å². The van der Waals surface area contributed by atoms with Crippen molar-refractivity contribution in [3.8, 4) is 89.5 Å². The summed E-state index contributed by atoms with van der Waals surface area (Å²) in [5, 5.41) is 0. The summed E-state index contributed by atoms with van der Waals surface area (Å²) in [4.78, 5) is 15.4. The summed E-state index contributed by atoms with van der Waals surface area (Å²) >= 11 is 0. The third-order valence-electron chi connectivity index (χ3n) is 12.9. The van der Waals surface area contributed by atoms with E-state index >= 15 is 0 Å². The molecule has 2 aliphatic carbocycles. The molecule has 0 fully saturated rings. The van der Waals surface area contributed by atoms with E-state index in [1.165, 1.54) is 66.8 Å². The highest BCUT2D eigenvalue weighted by atomic mass is 14.9. The zero-order valence-corrected chi connectivity index (χ0v) is 34.1. The predicted octanol–water partition coefficient (Wildman–Crippen LogP) is 14.5. The normalized spacial score (nSPS) is 14.3. The minimum atomic E-state index is -0.561. The maximum absolute atomic E-state index is 5.39. The zero-order chi connectivity index (χ0) is 41.2. The standard InChI is InChI=1S/C59H39N3/c1-38-27-28-45(37-60-38)47-22-9-8-21-46(47)42-29-31-50-48-23-10-12-25-52(48)59(54(50)34-42)53-26-13-11-24-49(53)51-32-30-44(35-55(51)59)58-61-56(40-17-6-3-7-18-40)36-57(62-58)43-20-14-19-41(33-43)39-15-4-2-5-16-39/h2-37H,1H3. The molecule has 1 spiro atoms. The highest BCUT2D eigenvalue weighted by molar-refractivity contribution is 5.97. The van der Waals surface area contributed by atoms with E-state index < -0.39 is 5.41 Å². The van der Waals surface area contributed by atoms with E-state index in [0.29, 0.717) is 5.82 Å². The van der Waals surface area contributed by atoms with Gasteiger partial charge in [0.15, 0.2) is 5.82 Å². The molecule has 3 nitrogen and oxygen atoms in total. The third kappa shape index (κ3) is 5.63. The number of rotatable bonds is 6. The Morgan fingerprint density at radius 1 is 0.306 bits per heavy atom. The fourth-order valence-electron chi connectivity index (χ4n) is 10.0. The summed E-state index contributed by atoms with van der Waals surface area (Å²) in [6.07, 6.45) is 1.99. The number of hydrogen-bond donors (Lipinski definition) is 0. The van der Waals surface area contributed by atoms with Gasteiger partial charge in [-0.25, -0.2) is 9.97 Å². The van der Waals surface area contributed by atoms with E-state index in [0.717, 1.165) is 44.9 Å². The minimum absolute atomic E-state index is 0.561. The van der Waals surface area contributed by atoms with Gasteiger partial charge in [0.1, 0.15) is 0 Å². The van der Waals surface area contributed by atoms with E-state index in [1.54, 1.807) is 0 Å². The zero-order valence-electron chi connectivity index (χ0n) is 34.1. The lowest BCUT2D eigenvalue weighted by molar-refractivity contribution is 0.794. The Hall–Kier alpha value is -8.01. The highest BCUT2D eigenvalue weighted by Crippen LogP contribution is 2.63. The number of pyridine rings is 1. The van der Waals surface area contributed by atoms with Gasteiger partial charge in [0.2, 0.25) is 0 Å². The monoisotopic (exact) mass is 789 g/mol. The van der Waals surface area contributed by atoms with Gasteiger partial charge in [0, 0.05) is 34.1 Å². The van der Waals surface area contributed by atoms with Gasteiger partial charge in [-0.15, -0.1) is 0 Å². The van der Waals surface area contributed by atoms with Gasteiger partial charge in [-0.05, 0) is 110 Å². The van der Waals surface area contributed by atoms with E-state index in [9.17, 15) is 0 Å². The van der Waals surface area contributed by atoms with E-state index in [1.807, 2.05) is 13.1 Å². The lowest BCUT2D eigenvalue weighted by Crippen LogP contribution is -2.26. The largest absolute Gasteiger partial charge is 0.261 e. The van der Waals surface area contributed by atoms with Crippen LogP contribution >= 0.6 is 0 Å². The van der Waals surface area contributed by atoms with Crippen LogP contribution < -0.4 is 0 Å². The lowest BCUT2D eigenvalue weighted by atomic mass is 9.70. The van der Waals surface area contributed by atoms with Crippen molar-refractivity contribution in [1.82, 2.24) is 15.0 Å². The van der Waals surface area contributed by atoms with Gasteiger partial charge in [0.25, 0.3) is 0 Å². The van der Waals surface area contributed by atoms with Crippen molar-refractivity contribution >= 4 is 0 Å². The Morgan fingerprint density at radius 2 is 0.790 bits per heavy atom. The van der Waals surface area contributed by atoms with Crippen LogP contribution in [0.4, 0.5) is 0 Å². The van der Waals surface area contributed by atoms with Crippen molar-refractivity contribution in [1.29, 1.82) is 0 Å². The second kappa shape index (κ2) is 14.3. The van der Waals surface area contributed by atoms with Gasteiger partial charge in [-0.1, -0.05) is 182 Å². The average Bonchev–Trinajstić information content (AvgIpc) is 3.81. The summed E-state index contributed by atoms with van der Waals surface area (Å²) in [7, 11) is 0. The molecule has 12 rings (SSSR count). The van der Waals surface area contributed by atoms with Gasteiger partial charge >= 0.3 is 0 Å². The summed E-state index contributed by atoms with van der Waals surface area (Å²) in [5.74, 6) is 0.696. The molecule has 0 radical (unpaired) electrons. The van der Waals surface area contributed by atoms with Crippen molar-refractivity contribution < 1.29 is 0 Å². The van der Waals surface area contributed by atoms with Crippen molar-refractivity contribution in [3.63, 3.8) is 0 Å². The Morgan fingerprint density at radius 3 is 1.44 bits per heavy atom. The number of hydrogen-bond acceptors (Lipinski definition) is 3. The molecule has 2 aliphatic rings. The summed E-state index contributed by atoms with van der Waals surface area (Å²) in [5.41, 5.74) is 22.4. The lowest BCUT2D eigenvalue weighted by Gasteiger charge is -2.31. The maximum Gasteiger partial charge on any atom is 0.160 e. The molecule has 0 amide bonds. The van der Waals surface area contributed by atoms with Crippen LogP contribution in [0.25, 0.3) is 89.5 Å². The number of aromatic nitrogens is 3. The number of benzene rings is 8. The molecule has 3 heteroatoms. The van der Waals surface area contributed by atoms with Crippen molar-refractivity contribution in [2.75, 3.05) is 0 Å². The van der Waals surface area contributed by atoms with Crippen LogP contribution in [0.2, 0.25) is 0 Å². The molecule has 10 aromatic rings. The smallest absolute Gasteiger partial charge is 0.160 e. The molecule has 2 heterocycles. The average molecular weight is 790 g/mol. The molecular weight excluding hydrogens is 751 g/mol. The Kier molecular flexibility index (Phi) is 8.29. The second-order valence-electron chi connectivity index (χ2n) is 16.4. The van der Waals surface area contributed by atoms with Crippen molar-refractivity contribution in [2.24, 2.45) is 0 Å². The van der Waals surface area contributed by atoms with Gasteiger partial charge < -0.3 is 0 Å². The minimum Gasteiger partial charge on any atom is -0.261 e. The van der Waals surface area contributed by atoms with Crippen molar-refractivity contribution in [2.45, 2.75) is 12.3 Å². The van der Waals surface area contributed by atoms with Crippen LogP contribution in [0.5, 0.6) is 0 Å². The summed E-state index contributed by atoms with van der Waals surface area (Å²) < 4.78 is 0. The highest BCUT2D eigenvalue weighted by Gasteiger charge is 2.51. The van der Waals surface area contributed by atoms with Gasteiger partial charge in [-0.3, -0.25) is 4.98 Å². The van der Waals surface area contributed by atoms with Crippen LogP contribution in [-0.4, -0.2) is 15.0 Å². The SMILES string of the molecule is Cc1ccc(-c2ccccc2-c2ccc3c(c2)C2(c4ccccc4-c4ccc(-c5nc(-c6ccccc6)cc(-c6cccc(-c7ccccc7)c6)n5)cc42)c2ccccc2-3)cn1. The van der Waals surface area contributed by atoms with E-state index in [2.05, 4.69) is 217 Å². The molecule has 62 heavy (non-hydrogen) atoms. The molecule has 0 N–H and O–H groups in total. The molecular formula is C59H39N3. The predicted molar refractivity (Wildman–Crippen MR) is 253 cm³/mol. The Bertz CT molecular complexity index is 3340. The van der Waals surface area contributed by atoms with Crippen LogP contribution in [0.1, 0.15) is 27.9 Å². The molecule has 2 aromatic heterocycles. The first-order chi connectivity index (χ1) is 30.6. The molecule has 0 saturated carbocycles. The maximum atomic E-state index is 5.39. The first kappa shape index (κ1) is 35.9. The van der Waals surface area contributed by atoms with E-state index in [4.69, 9.17) is 9.97 Å². The van der Waals surface area contributed by atoms with Crippen molar-refractivity contribution in [3.05, 3.63) is 246 Å². The summed E-state index contributed by atoms with van der Waals surface area (Å²) in [6.45, 7) is 2.03. The molecule has 1 atom stereocenters. The van der Waals surface area contributed by atoms with Crippen LogP contribution in [0.15, 0.2) is 219 Å². The third-order valence-corrected chi connectivity index (χ3v) is 12.9. The fraction of sp³-hybridized carbons (Fsp3) is 0.0339. The Balaban J connectivity index is 1.08. The molecule has 0 saturated heterocycles. The number of aryl methyl sites for hydroxylation is 1. The number of nitrogens with zero attached hydrogens (tertiary/aromatic N) is 3.